The normalized spacial score (nSPS) is 22.9. The number of carboxylic acid groups (broad SMARTS) is 1. The minimum atomic E-state index is -0.916. The monoisotopic (exact) mass is 205 g/mol. The molecule has 4 heteroatoms. The van der Waals surface area contributed by atoms with Gasteiger partial charge >= 0.3 is 5.97 Å². The van der Waals surface area contributed by atoms with Crippen molar-refractivity contribution >= 4 is 17.6 Å². The third-order valence-corrected chi connectivity index (χ3v) is 2.89. The van der Waals surface area contributed by atoms with Gasteiger partial charge in [-0.1, -0.05) is 6.92 Å². The van der Waals surface area contributed by atoms with Crippen LogP contribution in [-0.4, -0.2) is 41.0 Å². The lowest BCUT2D eigenvalue weighted by molar-refractivity contribution is -0.137. The smallest absolute Gasteiger partial charge is 0.322 e. The van der Waals surface area contributed by atoms with E-state index >= 15 is 0 Å². The predicted octanol–water partition coefficient (Wildman–Crippen LogP) is 1.41. The van der Waals surface area contributed by atoms with Crippen LogP contribution in [0, 0.1) is 5.92 Å². The van der Waals surface area contributed by atoms with Gasteiger partial charge in [0.1, 0.15) is 5.38 Å². The van der Waals surface area contributed by atoms with Gasteiger partial charge in [-0.05, 0) is 31.8 Å². The summed E-state index contributed by atoms with van der Waals surface area (Å²) in [5.41, 5.74) is 0. The van der Waals surface area contributed by atoms with Crippen molar-refractivity contribution < 1.29 is 9.90 Å². The maximum atomic E-state index is 10.5. The first-order valence-electron chi connectivity index (χ1n) is 4.69. The number of hydrogen-bond acceptors (Lipinski definition) is 2. The van der Waals surface area contributed by atoms with Crippen LogP contribution in [0.1, 0.15) is 19.8 Å². The largest absolute Gasteiger partial charge is 0.480 e. The Morgan fingerprint density at radius 3 is 2.62 bits per heavy atom. The molecule has 0 radical (unpaired) electrons. The first-order chi connectivity index (χ1) is 6.09. The molecule has 0 aliphatic carbocycles. The Balaban J connectivity index is 2.26. The van der Waals surface area contributed by atoms with Gasteiger partial charge in [0.05, 0.1) is 0 Å². The number of piperidine rings is 1. The molecule has 1 atom stereocenters. The molecule has 1 unspecified atom stereocenters. The molecule has 1 N–H and O–H groups in total. The first kappa shape index (κ1) is 10.8. The molecule has 1 fully saturated rings. The van der Waals surface area contributed by atoms with Gasteiger partial charge in [0.25, 0.3) is 0 Å². The van der Waals surface area contributed by atoms with Crippen LogP contribution in [0.25, 0.3) is 0 Å². The van der Waals surface area contributed by atoms with E-state index in [1.165, 1.54) is 0 Å². The summed E-state index contributed by atoms with van der Waals surface area (Å²) in [6.45, 7) is 4.67. The summed E-state index contributed by atoms with van der Waals surface area (Å²) in [4.78, 5) is 12.6. The Kier molecular flexibility index (Phi) is 4.00. The number of alkyl halides is 1. The van der Waals surface area contributed by atoms with E-state index in [0.717, 1.165) is 31.8 Å². The van der Waals surface area contributed by atoms with Crippen molar-refractivity contribution in [3.05, 3.63) is 0 Å². The summed E-state index contributed by atoms with van der Waals surface area (Å²) in [7, 11) is 0. The van der Waals surface area contributed by atoms with E-state index in [1.54, 1.807) is 0 Å². The fourth-order valence-corrected chi connectivity index (χ4v) is 1.74. The second-order valence-electron chi connectivity index (χ2n) is 3.79. The summed E-state index contributed by atoms with van der Waals surface area (Å²) in [6.07, 6.45) is 2.31. The SMILES string of the molecule is CC1CCN(CC(Cl)C(=O)O)CC1. The van der Waals surface area contributed by atoms with E-state index in [-0.39, 0.29) is 0 Å². The van der Waals surface area contributed by atoms with Crippen LogP contribution < -0.4 is 0 Å². The van der Waals surface area contributed by atoms with Gasteiger partial charge in [-0.15, -0.1) is 11.6 Å². The number of nitrogens with zero attached hydrogens (tertiary/aromatic N) is 1. The van der Waals surface area contributed by atoms with Crippen molar-refractivity contribution in [1.29, 1.82) is 0 Å². The molecule has 0 aromatic carbocycles. The fourth-order valence-electron chi connectivity index (χ4n) is 1.55. The predicted molar refractivity (Wildman–Crippen MR) is 52.1 cm³/mol. The summed E-state index contributed by atoms with van der Waals surface area (Å²) < 4.78 is 0. The number of aliphatic carboxylic acids is 1. The van der Waals surface area contributed by atoms with Crippen LogP contribution in [0.15, 0.2) is 0 Å². The van der Waals surface area contributed by atoms with Crippen LogP contribution >= 0.6 is 11.6 Å². The molecule has 13 heavy (non-hydrogen) atoms. The molecule has 1 aliphatic heterocycles. The first-order valence-corrected chi connectivity index (χ1v) is 5.12. The molecule has 0 bridgehead atoms. The van der Waals surface area contributed by atoms with E-state index in [0.29, 0.717) is 6.54 Å². The van der Waals surface area contributed by atoms with E-state index in [4.69, 9.17) is 16.7 Å². The molecule has 1 saturated heterocycles. The average Bonchev–Trinajstić information content (AvgIpc) is 2.08. The van der Waals surface area contributed by atoms with Gasteiger partial charge in [0.2, 0.25) is 0 Å². The molecule has 1 rings (SSSR count). The standard InChI is InChI=1S/C9H16ClNO2/c1-7-2-4-11(5-3-7)6-8(10)9(12)13/h7-8H,2-6H2,1H3,(H,12,13). The highest BCUT2D eigenvalue weighted by atomic mass is 35.5. The number of likely N-dealkylation sites (tertiary alicyclic amines) is 1. The van der Waals surface area contributed by atoms with E-state index < -0.39 is 11.3 Å². The number of rotatable bonds is 3. The van der Waals surface area contributed by atoms with Gasteiger partial charge in [-0.25, -0.2) is 0 Å². The minimum absolute atomic E-state index is 0.476. The molecular weight excluding hydrogens is 190 g/mol. The minimum Gasteiger partial charge on any atom is -0.480 e. The van der Waals surface area contributed by atoms with Crippen LogP contribution in [0.2, 0.25) is 0 Å². The Bertz CT molecular complexity index is 178. The van der Waals surface area contributed by atoms with Gasteiger partial charge in [-0.2, -0.15) is 0 Å². The highest BCUT2D eigenvalue weighted by Crippen LogP contribution is 2.16. The molecule has 3 nitrogen and oxygen atoms in total. The van der Waals surface area contributed by atoms with Gasteiger partial charge < -0.3 is 10.0 Å². The Labute approximate surface area is 83.7 Å². The number of halogens is 1. The molecule has 0 spiro atoms. The molecule has 0 aromatic heterocycles. The van der Waals surface area contributed by atoms with Crippen LogP contribution in [-0.2, 0) is 4.79 Å². The average molecular weight is 206 g/mol. The number of carbonyl (C=O) groups is 1. The molecule has 0 aromatic rings. The zero-order chi connectivity index (χ0) is 9.84. The van der Waals surface area contributed by atoms with Gasteiger partial charge in [-0.3, -0.25) is 4.79 Å². The van der Waals surface area contributed by atoms with Gasteiger partial charge in [0.15, 0.2) is 0 Å². The molecule has 0 amide bonds. The lowest BCUT2D eigenvalue weighted by atomic mass is 9.99. The fraction of sp³-hybridized carbons (Fsp3) is 0.889. The van der Waals surface area contributed by atoms with Crippen LogP contribution in [0.3, 0.4) is 0 Å². The maximum Gasteiger partial charge on any atom is 0.322 e. The zero-order valence-corrected chi connectivity index (χ0v) is 8.63. The quantitative estimate of drug-likeness (QED) is 0.709. The molecule has 76 valence electrons. The highest BCUT2D eigenvalue weighted by Gasteiger charge is 2.21. The van der Waals surface area contributed by atoms with Crippen molar-refractivity contribution in [2.45, 2.75) is 25.1 Å². The Hall–Kier alpha value is -0.280. The summed E-state index contributed by atoms with van der Waals surface area (Å²) in [6, 6.07) is 0. The summed E-state index contributed by atoms with van der Waals surface area (Å²) in [5, 5.41) is 7.85. The van der Waals surface area contributed by atoms with E-state index in [2.05, 4.69) is 11.8 Å². The van der Waals surface area contributed by atoms with Crippen LogP contribution in [0.4, 0.5) is 0 Å². The Morgan fingerprint density at radius 1 is 1.62 bits per heavy atom. The lowest BCUT2D eigenvalue weighted by Crippen LogP contribution is -2.39. The van der Waals surface area contributed by atoms with Gasteiger partial charge in [0, 0.05) is 6.54 Å². The number of hydrogen-bond donors (Lipinski definition) is 1. The van der Waals surface area contributed by atoms with Crippen molar-refractivity contribution in [2.24, 2.45) is 5.92 Å². The highest BCUT2D eigenvalue weighted by molar-refractivity contribution is 6.29. The molecule has 0 saturated carbocycles. The third kappa shape index (κ3) is 3.53. The number of carboxylic acids is 1. The molecule has 1 aliphatic rings. The maximum absolute atomic E-state index is 10.5. The third-order valence-electron chi connectivity index (χ3n) is 2.56. The summed E-state index contributed by atoms with van der Waals surface area (Å²) >= 11 is 5.64. The topological polar surface area (TPSA) is 40.5 Å². The van der Waals surface area contributed by atoms with Crippen LogP contribution in [0.5, 0.6) is 0 Å². The van der Waals surface area contributed by atoms with Crippen molar-refractivity contribution in [3.8, 4) is 0 Å². The van der Waals surface area contributed by atoms with E-state index in [9.17, 15) is 4.79 Å². The van der Waals surface area contributed by atoms with Crippen molar-refractivity contribution in [2.75, 3.05) is 19.6 Å². The zero-order valence-electron chi connectivity index (χ0n) is 7.87. The second kappa shape index (κ2) is 4.82. The Morgan fingerprint density at radius 2 is 2.15 bits per heavy atom. The molecular formula is C9H16ClNO2. The van der Waals surface area contributed by atoms with Crippen molar-refractivity contribution in [1.82, 2.24) is 4.90 Å². The van der Waals surface area contributed by atoms with Crippen molar-refractivity contribution in [3.63, 3.8) is 0 Å². The lowest BCUT2D eigenvalue weighted by Gasteiger charge is -2.30. The second-order valence-corrected chi connectivity index (χ2v) is 4.32. The molecule has 1 heterocycles. The van der Waals surface area contributed by atoms with E-state index in [1.807, 2.05) is 0 Å². The summed E-state index contributed by atoms with van der Waals surface area (Å²) in [5.74, 6) is -0.143.